The van der Waals surface area contributed by atoms with Crippen molar-refractivity contribution in [2.75, 3.05) is 20.3 Å². The number of carbonyl (C=O) groups excluding carboxylic acids is 1. The smallest absolute Gasteiger partial charge is 0.251 e. The van der Waals surface area contributed by atoms with E-state index in [0.29, 0.717) is 35.8 Å². The van der Waals surface area contributed by atoms with Gasteiger partial charge >= 0.3 is 0 Å². The summed E-state index contributed by atoms with van der Waals surface area (Å²) in [4.78, 5) is 11.9. The minimum atomic E-state index is -0.235. The van der Waals surface area contributed by atoms with Crippen molar-refractivity contribution in [1.82, 2.24) is 5.32 Å². The maximum atomic E-state index is 11.9. The van der Waals surface area contributed by atoms with Crippen LogP contribution in [0.15, 0.2) is 48.5 Å². The first-order valence-corrected chi connectivity index (χ1v) is 6.79. The van der Waals surface area contributed by atoms with Crippen molar-refractivity contribution >= 4 is 5.91 Å². The molecule has 1 amide bonds. The second kappa shape index (κ2) is 7.70. The molecule has 0 spiro atoms. The van der Waals surface area contributed by atoms with E-state index in [4.69, 9.17) is 14.7 Å². The molecule has 0 saturated heterocycles. The van der Waals surface area contributed by atoms with E-state index in [9.17, 15) is 4.79 Å². The van der Waals surface area contributed by atoms with Gasteiger partial charge in [0.05, 0.1) is 25.3 Å². The first-order chi connectivity index (χ1) is 10.7. The third-order valence-corrected chi connectivity index (χ3v) is 2.97. The van der Waals surface area contributed by atoms with Crippen LogP contribution in [0.1, 0.15) is 15.9 Å². The van der Waals surface area contributed by atoms with Crippen LogP contribution in [0, 0.1) is 11.3 Å². The lowest BCUT2D eigenvalue weighted by Crippen LogP contribution is -2.28. The highest BCUT2D eigenvalue weighted by atomic mass is 16.5. The molecule has 2 rings (SSSR count). The average molecular weight is 296 g/mol. The largest absolute Gasteiger partial charge is 0.493 e. The Morgan fingerprint density at radius 3 is 2.68 bits per heavy atom. The number of amides is 1. The van der Waals surface area contributed by atoms with E-state index in [1.54, 1.807) is 43.5 Å². The third kappa shape index (κ3) is 4.00. The van der Waals surface area contributed by atoms with Gasteiger partial charge in [0.2, 0.25) is 0 Å². The Kier molecular flexibility index (Phi) is 5.38. The number of benzene rings is 2. The van der Waals surface area contributed by atoms with E-state index in [-0.39, 0.29) is 5.91 Å². The minimum absolute atomic E-state index is 0.235. The molecule has 2 aromatic carbocycles. The van der Waals surface area contributed by atoms with Crippen molar-refractivity contribution in [3.63, 3.8) is 0 Å². The number of nitriles is 1. The summed E-state index contributed by atoms with van der Waals surface area (Å²) in [6, 6.07) is 15.9. The van der Waals surface area contributed by atoms with Gasteiger partial charge in [-0.05, 0) is 30.3 Å². The molecule has 1 N–H and O–H groups in total. The number of hydrogen-bond donors (Lipinski definition) is 1. The zero-order valence-electron chi connectivity index (χ0n) is 12.2. The van der Waals surface area contributed by atoms with Gasteiger partial charge in [0.15, 0.2) is 11.5 Å². The SMILES string of the molecule is COc1ccccc1OCCNC(=O)c1cccc(C#N)c1. The predicted molar refractivity (Wildman–Crippen MR) is 82.0 cm³/mol. The molecule has 0 aliphatic carbocycles. The van der Waals surface area contributed by atoms with Crippen molar-refractivity contribution < 1.29 is 14.3 Å². The quantitative estimate of drug-likeness (QED) is 0.831. The van der Waals surface area contributed by atoms with E-state index in [1.165, 1.54) is 0 Å². The summed E-state index contributed by atoms with van der Waals surface area (Å²) in [5.41, 5.74) is 0.911. The van der Waals surface area contributed by atoms with E-state index in [0.717, 1.165) is 0 Å². The van der Waals surface area contributed by atoms with Crippen molar-refractivity contribution in [2.45, 2.75) is 0 Å². The highest BCUT2D eigenvalue weighted by molar-refractivity contribution is 5.94. The summed E-state index contributed by atoms with van der Waals surface area (Å²) in [6.45, 7) is 0.678. The number of para-hydroxylation sites is 2. The van der Waals surface area contributed by atoms with E-state index in [1.807, 2.05) is 18.2 Å². The highest BCUT2D eigenvalue weighted by Crippen LogP contribution is 2.25. The van der Waals surface area contributed by atoms with Gasteiger partial charge < -0.3 is 14.8 Å². The lowest BCUT2D eigenvalue weighted by molar-refractivity contribution is 0.0947. The number of methoxy groups -OCH3 is 1. The van der Waals surface area contributed by atoms with E-state index < -0.39 is 0 Å². The molecule has 0 unspecified atom stereocenters. The summed E-state index contributed by atoms with van der Waals surface area (Å²) < 4.78 is 10.7. The van der Waals surface area contributed by atoms with E-state index >= 15 is 0 Å². The van der Waals surface area contributed by atoms with Crippen LogP contribution in [0.5, 0.6) is 11.5 Å². The molecule has 112 valence electrons. The van der Waals surface area contributed by atoms with Gasteiger partial charge in [-0.1, -0.05) is 18.2 Å². The fourth-order valence-corrected chi connectivity index (χ4v) is 1.90. The van der Waals surface area contributed by atoms with Gasteiger partial charge in [-0.2, -0.15) is 5.26 Å². The number of nitrogens with one attached hydrogen (secondary N) is 1. The molecule has 0 aromatic heterocycles. The molecule has 0 heterocycles. The highest BCUT2D eigenvalue weighted by Gasteiger charge is 2.06. The first-order valence-electron chi connectivity index (χ1n) is 6.79. The van der Waals surface area contributed by atoms with Crippen molar-refractivity contribution in [2.24, 2.45) is 0 Å². The molecule has 0 radical (unpaired) electrons. The monoisotopic (exact) mass is 296 g/mol. The summed E-state index contributed by atoms with van der Waals surface area (Å²) >= 11 is 0. The Labute approximate surface area is 129 Å². The van der Waals surface area contributed by atoms with Gasteiger partial charge in [-0.15, -0.1) is 0 Å². The number of ether oxygens (including phenoxy) is 2. The summed E-state index contributed by atoms with van der Waals surface area (Å²) in [5.74, 6) is 1.04. The van der Waals surface area contributed by atoms with Crippen LogP contribution in [0.4, 0.5) is 0 Å². The van der Waals surface area contributed by atoms with Crippen LogP contribution < -0.4 is 14.8 Å². The molecule has 0 saturated carbocycles. The molecule has 0 fully saturated rings. The molecule has 5 heteroatoms. The standard InChI is InChI=1S/C17H16N2O3/c1-21-15-7-2-3-8-16(15)22-10-9-19-17(20)14-6-4-5-13(11-14)12-18/h2-8,11H,9-10H2,1H3,(H,19,20). The van der Waals surface area contributed by atoms with Crippen LogP contribution in [0.3, 0.4) is 0 Å². The maximum Gasteiger partial charge on any atom is 0.251 e. The normalized spacial score (nSPS) is 9.64. The van der Waals surface area contributed by atoms with Crippen LogP contribution in [0.2, 0.25) is 0 Å². The first kappa shape index (κ1) is 15.4. The van der Waals surface area contributed by atoms with Gasteiger partial charge in [0.25, 0.3) is 5.91 Å². The molecule has 0 aliphatic rings. The van der Waals surface area contributed by atoms with Gasteiger partial charge in [0.1, 0.15) is 6.61 Å². The zero-order chi connectivity index (χ0) is 15.8. The minimum Gasteiger partial charge on any atom is -0.493 e. The van der Waals surface area contributed by atoms with Crippen molar-refractivity contribution in [3.8, 4) is 17.6 Å². The molecule has 0 aliphatic heterocycles. The lowest BCUT2D eigenvalue weighted by Gasteiger charge is -2.10. The lowest BCUT2D eigenvalue weighted by atomic mass is 10.1. The van der Waals surface area contributed by atoms with Crippen LogP contribution in [-0.2, 0) is 0 Å². The van der Waals surface area contributed by atoms with Gasteiger partial charge in [-0.3, -0.25) is 4.79 Å². The number of nitrogens with zero attached hydrogens (tertiary/aromatic N) is 1. The van der Waals surface area contributed by atoms with E-state index in [2.05, 4.69) is 5.32 Å². The molecule has 0 atom stereocenters. The maximum absolute atomic E-state index is 11.9. The van der Waals surface area contributed by atoms with Crippen molar-refractivity contribution in [1.29, 1.82) is 5.26 Å². The second-order valence-electron chi connectivity index (χ2n) is 4.45. The van der Waals surface area contributed by atoms with Crippen LogP contribution in [0.25, 0.3) is 0 Å². The molecule has 5 nitrogen and oxygen atoms in total. The second-order valence-corrected chi connectivity index (χ2v) is 4.45. The average Bonchev–Trinajstić information content (AvgIpc) is 2.58. The topological polar surface area (TPSA) is 71.3 Å². The van der Waals surface area contributed by atoms with Crippen molar-refractivity contribution in [3.05, 3.63) is 59.7 Å². The summed E-state index contributed by atoms with van der Waals surface area (Å²) in [6.07, 6.45) is 0. The fraction of sp³-hybridized carbons (Fsp3) is 0.176. The Balaban J connectivity index is 1.83. The Hall–Kier alpha value is -3.00. The zero-order valence-corrected chi connectivity index (χ0v) is 12.2. The van der Waals surface area contributed by atoms with Gasteiger partial charge in [-0.25, -0.2) is 0 Å². The molecule has 0 bridgehead atoms. The Morgan fingerprint density at radius 1 is 1.18 bits per heavy atom. The van der Waals surface area contributed by atoms with Crippen LogP contribution >= 0.6 is 0 Å². The van der Waals surface area contributed by atoms with Crippen LogP contribution in [-0.4, -0.2) is 26.2 Å². The van der Waals surface area contributed by atoms with Gasteiger partial charge in [0, 0.05) is 5.56 Å². The molecule has 22 heavy (non-hydrogen) atoms. The molecular formula is C17H16N2O3. The summed E-state index contributed by atoms with van der Waals surface area (Å²) in [5, 5.41) is 11.6. The summed E-state index contributed by atoms with van der Waals surface area (Å²) in [7, 11) is 1.58. The Morgan fingerprint density at radius 2 is 1.95 bits per heavy atom. The molecular weight excluding hydrogens is 280 g/mol. The molecule has 2 aromatic rings. The third-order valence-electron chi connectivity index (χ3n) is 2.97. The fourth-order valence-electron chi connectivity index (χ4n) is 1.90. The number of carbonyl (C=O) groups is 1. The number of rotatable bonds is 6. The Bertz CT molecular complexity index is 692. The number of hydrogen-bond acceptors (Lipinski definition) is 4. The predicted octanol–water partition coefficient (Wildman–Crippen LogP) is 2.38.